The zero-order chi connectivity index (χ0) is 18.1. The van der Waals surface area contributed by atoms with E-state index in [0.717, 1.165) is 11.3 Å². The van der Waals surface area contributed by atoms with Crippen molar-refractivity contribution in [1.29, 1.82) is 5.26 Å². The number of hydrogen-bond acceptors (Lipinski definition) is 3. The van der Waals surface area contributed by atoms with E-state index in [2.05, 4.69) is 21.7 Å². The fourth-order valence-electron chi connectivity index (χ4n) is 2.31. The fourth-order valence-corrected chi connectivity index (χ4v) is 2.31. The Kier molecular flexibility index (Phi) is 6.85. The van der Waals surface area contributed by atoms with Crippen molar-refractivity contribution in [1.82, 2.24) is 10.6 Å². The van der Waals surface area contributed by atoms with Crippen LogP contribution >= 0.6 is 0 Å². The van der Waals surface area contributed by atoms with Gasteiger partial charge in [-0.3, -0.25) is 4.99 Å². The minimum Gasteiger partial charge on any atom is -0.489 e. The number of nitriles is 1. The molecule has 1 atom stereocenters. The number of guanidine groups is 1. The van der Waals surface area contributed by atoms with Crippen LogP contribution in [0.1, 0.15) is 23.6 Å². The Morgan fingerprint density at radius 2 is 1.96 bits per heavy atom. The third-order valence-electron chi connectivity index (χ3n) is 3.65. The Labute approximate surface area is 149 Å². The summed E-state index contributed by atoms with van der Waals surface area (Å²) in [6, 6.07) is 17.6. The van der Waals surface area contributed by atoms with Gasteiger partial charge in [-0.05, 0) is 49.2 Å². The molecule has 0 fully saturated rings. The van der Waals surface area contributed by atoms with Crippen LogP contribution in [-0.2, 0) is 6.54 Å². The molecule has 0 aliphatic carbocycles. The molecular formula is C20H24N4O. The predicted octanol–water partition coefficient (Wildman–Crippen LogP) is 3.00. The van der Waals surface area contributed by atoms with Crippen molar-refractivity contribution in [3.63, 3.8) is 0 Å². The van der Waals surface area contributed by atoms with Crippen LogP contribution in [-0.4, -0.2) is 25.7 Å². The summed E-state index contributed by atoms with van der Waals surface area (Å²) in [5.74, 6) is 1.58. The minimum absolute atomic E-state index is 0.00950. The normalized spacial score (nSPS) is 12.2. The molecule has 130 valence electrons. The molecule has 25 heavy (non-hydrogen) atoms. The zero-order valence-corrected chi connectivity index (χ0v) is 14.9. The summed E-state index contributed by atoms with van der Waals surface area (Å²) in [5.41, 5.74) is 2.93. The molecule has 0 saturated heterocycles. The van der Waals surface area contributed by atoms with Gasteiger partial charge in [0, 0.05) is 13.6 Å². The van der Waals surface area contributed by atoms with Crippen molar-refractivity contribution in [2.45, 2.75) is 26.5 Å². The van der Waals surface area contributed by atoms with Crippen LogP contribution in [0.3, 0.4) is 0 Å². The van der Waals surface area contributed by atoms with Crippen LogP contribution in [0, 0.1) is 18.3 Å². The van der Waals surface area contributed by atoms with E-state index in [1.807, 2.05) is 62.4 Å². The highest BCUT2D eigenvalue weighted by Gasteiger charge is 2.06. The summed E-state index contributed by atoms with van der Waals surface area (Å²) in [6.45, 7) is 5.34. The Balaban J connectivity index is 1.78. The average Bonchev–Trinajstić information content (AvgIpc) is 2.62. The van der Waals surface area contributed by atoms with Crippen LogP contribution < -0.4 is 15.4 Å². The Morgan fingerprint density at radius 3 is 2.60 bits per heavy atom. The third-order valence-corrected chi connectivity index (χ3v) is 3.65. The molecule has 0 saturated carbocycles. The predicted molar refractivity (Wildman–Crippen MR) is 101 cm³/mol. The topological polar surface area (TPSA) is 69.4 Å². The molecule has 0 radical (unpaired) electrons. The summed E-state index contributed by atoms with van der Waals surface area (Å²) >= 11 is 0. The van der Waals surface area contributed by atoms with Gasteiger partial charge in [-0.25, -0.2) is 0 Å². The van der Waals surface area contributed by atoms with Gasteiger partial charge < -0.3 is 15.4 Å². The molecule has 2 aromatic carbocycles. The van der Waals surface area contributed by atoms with Crippen molar-refractivity contribution in [3.05, 3.63) is 65.2 Å². The van der Waals surface area contributed by atoms with Crippen molar-refractivity contribution in [2.75, 3.05) is 13.6 Å². The van der Waals surface area contributed by atoms with Crippen LogP contribution in [0.25, 0.3) is 0 Å². The first kappa shape index (κ1) is 18.3. The largest absolute Gasteiger partial charge is 0.489 e. The number of rotatable bonds is 6. The monoisotopic (exact) mass is 336 g/mol. The quantitative estimate of drug-likeness (QED) is 0.628. The molecule has 0 amide bonds. The molecular weight excluding hydrogens is 312 g/mol. The summed E-state index contributed by atoms with van der Waals surface area (Å²) in [6.07, 6.45) is 0.00950. The van der Waals surface area contributed by atoms with E-state index in [1.54, 1.807) is 7.05 Å². The molecule has 2 rings (SSSR count). The lowest BCUT2D eigenvalue weighted by molar-refractivity contribution is 0.223. The van der Waals surface area contributed by atoms with E-state index in [4.69, 9.17) is 10.00 Å². The van der Waals surface area contributed by atoms with E-state index in [0.29, 0.717) is 24.6 Å². The summed E-state index contributed by atoms with van der Waals surface area (Å²) in [5, 5.41) is 15.3. The number of ether oxygens (including phenoxy) is 1. The van der Waals surface area contributed by atoms with Crippen LogP contribution in [0.2, 0.25) is 0 Å². The van der Waals surface area contributed by atoms with Crippen molar-refractivity contribution >= 4 is 5.96 Å². The second-order valence-electron chi connectivity index (χ2n) is 5.86. The Bertz CT molecular complexity index is 747. The van der Waals surface area contributed by atoms with Gasteiger partial charge in [-0.1, -0.05) is 24.3 Å². The first-order valence-electron chi connectivity index (χ1n) is 8.27. The van der Waals surface area contributed by atoms with Crippen LogP contribution in [0.15, 0.2) is 53.5 Å². The lowest BCUT2D eigenvalue weighted by atomic mass is 10.1. The van der Waals surface area contributed by atoms with Gasteiger partial charge in [0.1, 0.15) is 11.9 Å². The minimum atomic E-state index is 0.00950. The first-order chi connectivity index (χ1) is 12.1. The highest BCUT2D eigenvalue weighted by molar-refractivity contribution is 5.79. The number of aliphatic imine (C=N–C) groups is 1. The van der Waals surface area contributed by atoms with Gasteiger partial charge in [0.2, 0.25) is 0 Å². The molecule has 0 aromatic heterocycles. The van der Waals surface area contributed by atoms with Gasteiger partial charge in [0.05, 0.1) is 18.2 Å². The van der Waals surface area contributed by atoms with Gasteiger partial charge in [0.15, 0.2) is 5.96 Å². The van der Waals surface area contributed by atoms with Gasteiger partial charge in [-0.2, -0.15) is 5.26 Å². The van der Waals surface area contributed by atoms with E-state index in [9.17, 15) is 0 Å². The third kappa shape index (κ3) is 6.19. The number of aryl methyl sites for hydroxylation is 1. The van der Waals surface area contributed by atoms with Gasteiger partial charge in [-0.15, -0.1) is 0 Å². The second-order valence-corrected chi connectivity index (χ2v) is 5.86. The Hall–Kier alpha value is -3.00. The summed E-state index contributed by atoms with van der Waals surface area (Å²) in [4.78, 5) is 4.22. The molecule has 2 aromatic rings. The average molecular weight is 336 g/mol. The van der Waals surface area contributed by atoms with Crippen LogP contribution in [0.4, 0.5) is 0 Å². The standard InChI is InChI=1S/C20H24N4O/c1-15-5-4-6-19(11-15)25-16(2)13-23-20(22-3)24-14-18-9-7-17(12-21)8-10-18/h4-11,16H,13-14H2,1-3H3,(H2,22,23,24). The SMILES string of the molecule is CN=C(NCc1ccc(C#N)cc1)NCC(C)Oc1cccc(C)c1. The molecule has 5 heteroatoms. The smallest absolute Gasteiger partial charge is 0.191 e. The maximum Gasteiger partial charge on any atom is 0.191 e. The Morgan fingerprint density at radius 1 is 1.20 bits per heavy atom. The second kappa shape index (κ2) is 9.33. The number of benzene rings is 2. The van der Waals surface area contributed by atoms with Crippen LogP contribution in [0.5, 0.6) is 5.75 Å². The van der Waals surface area contributed by atoms with E-state index < -0.39 is 0 Å². The van der Waals surface area contributed by atoms with E-state index >= 15 is 0 Å². The highest BCUT2D eigenvalue weighted by atomic mass is 16.5. The summed E-state index contributed by atoms with van der Waals surface area (Å²) in [7, 11) is 1.74. The molecule has 1 unspecified atom stereocenters. The zero-order valence-electron chi connectivity index (χ0n) is 14.9. The molecule has 0 aliphatic heterocycles. The summed E-state index contributed by atoms with van der Waals surface area (Å²) < 4.78 is 5.90. The maximum atomic E-state index is 8.82. The number of nitrogens with zero attached hydrogens (tertiary/aromatic N) is 2. The first-order valence-corrected chi connectivity index (χ1v) is 8.27. The van der Waals surface area contributed by atoms with Crippen molar-refractivity contribution in [2.24, 2.45) is 4.99 Å². The molecule has 0 heterocycles. The lowest BCUT2D eigenvalue weighted by Gasteiger charge is -2.18. The maximum absolute atomic E-state index is 8.82. The molecule has 0 aliphatic rings. The van der Waals surface area contributed by atoms with E-state index in [1.165, 1.54) is 5.56 Å². The van der Waals surface area contributed by atoms with E-state index in [-0.39, 0.29) is 6.10 Å². The molecule has 5 nitrogen and oxygen atoms in total. The van der Waals surface area contributed by atoms with Crippen molar-refractivity contribution in [3.8, 4) is 11.8 Å². The van der Waals surface area contributed by atoms with Gasteiger partial charge >= 0.3 is 0 Å². The number of nitrogens with one attached hydrogen (secondary N) is 2. The number of hydrogen-bond donors (Lipinski definition) is 2. The van der Waals surface area contributed by atoms with Crippen molar-refractivity contribution < 1.29 is 4.74 Å². The molecule has 2 N–H and O–H groups in total. The fraction of sp³-hybridized carbons (Fsp3) is 0.300. The molecule has 0 bridgehead atoms. The lowest BCUT2D eigenvalue weighted by Crippen LogP contribution is -2.41. The highest BCUT2D eigenvalue weighted by Crippen LogP contribution is 2.13. The van der Waals surface area contributed by atoms with Gasteiger partial charge in [0.25, 0.3) is 0 Å². The molecule has 0 spiro atoms.